The maximum atomic E-state index is 9.85. The Morgan fingerprint density at radius 1 is 1.00 bits per heavy atom. The van der Waals surface area contributed by atoms with Crippen LogP contribution >= 0.6 is 0 Å². The van der Waals surface area contributed by atoms with Crippen LogP contribution in [0.25, 0.3) is 0 Å². The highest BCUT2D eigenvalue weighted by Crippen LogP contribution is 2.25. The molecule has 0 fully saturated rings. The lowest BCUT2D eigenvalue weighted by Gasteiger charge is -2.17. The lowest BCUT2D eigenvalue weighted by molar-refractivity contribution is 0.452. The molecule has 1 atom stereocenters. The molecule has 0 amide bonds. The van der Waals surface area contributed by atoms with Crippen molar-refractivity contribution >= 4 is 0 Å². The number of nitrogens with one attached hydrogen (secondary N) is 1. The van der Waals surface area contributed by atoms with Crippen molar-refractivity contribution in [2.45, 2.75) is 12.5 Å². The molecule has 2 heteroatoms. The molecule has 2 nitrogen and oxygen atoms in total. The molecule has 0 saturated carbocycles. The van der Waals surface area contributed by atoms with Crippen LogP contribution in [0.1, 0.15) is 17.2 Å². The summed E-state index contributed by atoms with van der Waals surface area (Å²) in [7, 11) is 1.92. The Morgan fingerprint density at radius 3 is 2.29 bits per heavy atom. The van der Waals surface area contributed by atoms with Gasteiger partial charge in [-0.05, 0) is 25.1 Å². The third kappa shape index (κ3) is 2.86. The summed E-state index contributed by atoms with van der Waals surface area (Å²) in [4.78, 5) is 0. The highest BCUT2D eigenvalue weighted by atomic mass is 16.3. The van der Waals surface area contributed by atoms with Crippen LogP contribution in [-0.2, 0) is 6.42 Å². The number of phenols is 1. The van der Waals surface area contributed by atoms with Crippen LogP contribution in [0.3, 0.4) is 0 Å². The van der Waals surface area contributed by atoms with Crippen LogP contribution in [0.15, 0.2) is 54.6 Å². The van der Waals surface area contributed by atoms with Crippen LogP contribution < -0.4 is 5.32 Å². The van der Waals surface area contributed by atoms with E-state index in [1.807, 2.05) is 43.4 Å². The lowest BCUT2D eigenvalue weighted by Crippen LogP contribution is -2.18. The number of benzene rings is 2. The molecule has 0 radical (unpaired) electrons. The smallest absolute Gasteiger partial charge is 0.120 e. The fraction of sp³-hybridized carbons (Fsp3) is 0.200. The van der Waals surface area contributed by atoms with E-state index in [1.54, 1.807) is 6.07 Å². The van der Waals surface area contributed by atoms with Gasteiger partial charge in [-0.15, -0.1) is 0 Å². The molecule has 0 saturated heterocycles. The summed E-state index contributed by atoms with van der Waals surface area (Å²) >= 11 is 0. The van der Waals surface area contributed by atoms with Crippen LogP contribution in [0.5, 0.6) is 5.75 Å². The first kappa shape index (κ1) is 11.7. The van der Waals surface area contributed by atoms with Crippen LogP contribution in [-0.4, -0.2) is 12.2 Å². The molecule has 2 aromatic rings. The number of hydrogen-bond donors (Lipinski definition) is 2. The minimum absolute atomic E-state index is 0.138. The van der Waals surface area contributed by atoms with Gasteiger partial charge in [0.2, 0.25) is 0 Å². The second-order valence-electron chi connectivity index (χ2n) is 4.09. The Bertz CT molecular complexity index is 467. The van der Waals surface area contributed by atoms with Gasteiger partial charge in [0.25, 0.3) is 0 Å². The van der Waals surface area contributed by atoms with Gasteiger partial charge < -0.3 is 10.4 Å². The maximum absolute atomic E-state index is 9.85. The number of hydrogen-bond acceptors (Lipinski definition) is 2. The molecule has 0 aliphatic carbocycles. The standard InChI is InChI=1S/C15H17NO/c1-16-14(11-12-7-3-2-4-8-12)13-9-5-6-10-15(13)17/h2-10,14,16-17H,11H2,1H3. The van der Waals surface area contributed by atoms with E-state index in [9.17, 15) is 5.11 Å². The fourth-order valence-corrected chi connectivity index (χ4v) is 2.00. The normalized spacial score (nSPS) is 12.3. The summed E-state index contributed by atoms with van der Waals surface area (Å²) in [5.41, 5.74) is 2.20. The van der Waals surface area contributed by atoms with E-state index in [4.69, 9.17) is 0 Å². The van der Waals surface area contributed by atoms with Crippen molar-refractivity contribution in [2.75, 3.05) is 7.05 Å². The molecule has 2 N–H and O–H groups in total. The molecular formula is C15H17NO. The molecule has 0 aliphatic heterocycles. The monoisotopic (exact) mass is 227 g/mol. The van der Waals surface area contributed by atoms with E-state index < -0.39 is 0 Å². The molecule has 0 aromatic heterocycles. The molecule has 0 aliphatic rings. The van der Waals surface area contributed by atoms with Gasteiger partial charge in [0.1, 0.15) is 5.75 Å². The second-order valence-corrected chi connectivity index (χ2v) is 4.09. The summed E-state index contributed by atoms with van der Waals surface area (Å²) in [6.07, 6.45) is 0.870. The molecule has 2 aromatic carbocycles. The molecule has 0 spiro atoms. The van der Waals surface area contributed by atoms with E-state index in [0.717, 1.165) is 12.0 Å². The summed E-state index contributed by atoms with van der Waals surface area (Å²) < 4.78 is 0. The van der Waals surface area contributed by atoms with Crippen molar-refractivity contribution in [3.63, 3.8) is 0 Å². The highest BCUT2D eigenvalue weighted by Gasteiger charge is 2.13. The van der Waals surface area contributed by atoms with Gasteiger partial charge in [-0.1, -0.05) is 48.5 Å². The number of phenolic OH excluding ortho intramolecular Hbond substituents is 1. The van der Waals surface area contributed by atoms with E-state index in [2.05, 4.69) is 17.4 Å². The molecule has 0 bridgehead atoms. The van der Waals surface area contributed by atoms with Crippen LogP contribution in [0, 0.1) is 0 Å². The first-order valence-electron chi connectivity index (χ1n) is 5.80. The first-order chi connectivity index (χ1) is 8.31. The quantitative estimate of drug-likeness (QED) is 0.841. The zero-order valence-corrected chi connectivity index (χ0v) is 9.93. The zero-order chi connectivity index (χ0) is 12.1. The molecule has 1 unspecified atom stereocenters. The number of rotatable bonds is 4. The molecule has 0 heterocycles. The van der Waals surface area contributed by atoms with Crippen molar-refractivity contribution in [2.24, 2.45) is 0 Å². The largest absolute Gasteiger partial charge is 0.508 e. The van der Waals surface area contributed by atoms with Crippen molar-refractivity contribution in [3.05, 3.63) is 65.7 Å². The van der Waals surface area contributed by atoms with Crippen LogP contribution in [0.2, 0.25) is 0 Å². The molecule has 88 valence electrons. The number of para-hydroxylation sites is 1. The molecular weight excluding hydrogens is 210 g/mol. The van der Waals surface area contributed by atoms with E-state index in [-0.39, 0.29) is 6.04 Å². The summed E-state index contributed by atoms with van der Waals surface area (Å²) in [6.45, 7) is 0. The third-order valence-corrected chi connectivity index (χ3v) is 2.94. The fourth-order valence-electron chi connectivity index (χ4n) is 2.00. The van der Waals surface area contributed by atoms with Gasteiger partial charge in [-0.25, -0.2) is 0 Å². The molecule has 17 heavy (non-hydrogen) atoms. The Kier molecular flexibility index (Phi) is 3.78. The predicted molar refractivity (Wildman–Crippen MR) is 70.1 cm³/mol. The van der Waals surface area contributed by atoms with Gasteiger partial charge in [-0.3, -0.25) is 0 Å². The Labute approximate surface area is 102 Å². The van der Waals surface area contributed by atoms with E-state index in [1.165, 1.54) is 5.56 Å². The summed E-state index contributed by atoms with van der Waals surface area (Å²) in [6, 6.07) is 17.9. The second kappa shape index (κ2) is 5.51. The number of likely N-dealkylation sites (N-methyl/N-ethyl adjacent to an activating group) is 1. The summed E-state index contributed by atoms with van der Waals surface area (Å²) in [5, 5.41) is 13.1. The van der Waals surface area contributed by atoms with E-state index >= 15 is 0 Å². The number of aromatic hydroxyl groups is 1. The highest BCUT2D eigenvalue weighted by molar-refractivity contribution is 5.35. The minimum atomic E-state index is 0.138. The molecule has 2 rings (SSSR count). The average molecular weight is 227 g/mol. The lowest BCUT2D eigenvalue weighted by atomic mass is 9.98. The Hall–Kier alpha value is -1.80. The topological polar surface area (TPSA) is 32.3 Å². The average Bonchev–Trinajstić information content (AvgIpc) is 2.38. The van der Waals surface area contributed by atoms with Crippen molar-refractivity contribution in [3.8, 4) is 5.75 Å². The van der Waals surface area contributed by atoms with Gasteiger partial charge in [0.05, 0.1) is 0 Å². The van der Waals surface area contributed by atoms with Gasteiger partial charge in [0, 0.05) is 11.6 Å². The van der Waals surface area contributed by atoms with Gasteiger partial charge in [-0.2, -0.15) is 0 Å². The van der Waals surface area contributed by atoms with Crippen LogP contribution in [0.4, 0.5) is 0 Å². The SMILES string of the molecule is CNC(Cc1ccccc1)c1ccccc1O. The third-order valence-electron chi connectivity index (χ3n) is 2.94. The van der Waals surface area contributed by atoms with Crippen molar-refractivity contribution in [1.29, 1.82) is 0 Å². The van der Waals surface area contributed by atoms with E-state index in [0.29, 0.717) is 5.75 Å². The Morgan fingerprint density at radius 2 is 1.65 bits per heavy atom. The van der Waals surface area contributed by atoms with Crippen molar-refractivity contribution in [1.82, 2.24) is 5.32 Å². The van der Waals surface area contributed by atoms with Gasteiger partial charge in [0.15, 0.2) is 0 Å². The maximum Gasteiger partial charge on any atom is 0.120 e. The van der Waals surface area contributed by atoms with Gasteiger partial charge >= 0.3 is 0 Å². The predicted octanol–water partition coefficient (Wildman–Crippen LogP) is 2.90. The van der Waals surface area contributed by atoms with Crippen molar-refractivity contribution < 1.29 is 5.11 Å². The zero-order valence-electron chi connectivity index (χ0n) is 9.93. The first-order valence-corrected chi connectivity index (χ1v) is 5.80. The summed E-state index contributed by atoms with van der Waals surface area (Å²) in [5.74, 6) is 0.350. The minimum Gasteiger partial charge on any atom is -0.508 e. The Balaban J connectivity index is 2.21.